The summed E-state index contributed by atoms with van der Waals surface area (Å²) in [6.07, 6.45) is 1.10. The number of rotatable bonds is 3. The Morgan fingerprint density at radius 1 is 1.54 bits per heavy atom. The molecule has 3 heteroatoms. The topological polar surface area (TPSA) is 33.4 Å². The second-order valence-electron chi connectivity index (χ2n) is 3.95. The van der Waals surface area contributed by atoms with Crippen molar-refractivity contribution in [1.29, 1.82) is 0 Å². The SMILES string of the molecule is CC(C)(C)SCC(O)c1ccco1. The molecule has 1 atom stereocenters. The molecule has 0 aliphatic heterocycles. The maximum Gasteiger partial charge on any atom is 0.133 e. The lowest BCUT2D eigenvalue weighted by atomic mass is 10.3. The summed E-state index contributed by atoms with van der Waals surface area (Å²) < 4.78 is 5.29. The molecule has 0 aliphatic rings. The van der Waals surface area contributed by atoms with E-state index < -0.39 is 6.10 Å². The molecule has 13 heavy (non-hydrogen) atoms. The number of furan rings is 1. The Morgan fingerprint density at radius 2 is 2.23 bits per heavy atom. The molecule has 0 aromatic carbocycles. The Balaban J connectivity index is 2.39. The fourth-order valence-electron chi connectivity index (χ4n) is 0.892. The first-order chi connectivity index (χ1) is 5.99. The quantitative estimate of drug-likeness (QED) is 0.814. The summed E-state index contributed by atoms with van der Waals surface area (Å²) in [7, 11) is 0. The van der Waals surface area contributed by atoms with Crippen LogP contribution < -0.4 is 0 Å². The van der Waals surface area contributed by atoms with Crippen molar-refractivity contribution in [3.05, 3.63) is 24.2 Å². The third-order valence-electron chi connectivity index (χ3n) is 1.55. The molecule has 1 aromatic rings. The zero-order valence-electron chi connectivity index (χ0n) is 8.28. The standard InChI is InChI=1S/C10H16O2S/c1-10(2,3)13-7-8(11)9-5-4-6-12-9/h4-6,8,11H,7H2,1-3H3. The Morgan fingerprint density at radius 3 is 2.69 bits per heavy atom. The van der Waals surface area contributed by atoms with E-state index in [1.807, 2.05) is 0 Å². The van der Waals surface area contributed by atoms with Crippen molar-refractivity contribution in [2.45, 2.75) is 31.6 Å². The Hall–Kier alpha value is -0.410. The largest absolute Gasteiger partial charge is 0.467 e. The summed E-state index contributed by atoms with van der Waals surface area (Å²) in [5, 5.41) is 9.66. The van der Waals surface area contributed by atoms with Crippen LogP contribution in [0.15, 0.2) is 22.8 Å². The van der Waals surface area contributed by atoms with Crippen LogP contribution in [0.5, 0.6) is 0 Å². The van der Waals surface area contributed by atoms with Crippen molar-refractivity contribution >= 4 is 11.8 Å². The van der Waals surface area contributed by atoms with Crippen LogP contribution in [0.1, 0.15) is 32.6 Å². The zero-order valence-corrected chi connectivity index (χ0v) is 9.10. The molecule has 0 bridgehead atoms. The summed E-state index contributed by atoms with van der Waals surface area (Å²) >= 11 is 1.73. The number of aliphatic hydroxyl groups is 1. The average molecular weight is 200 g/mol. The molecule has 1 rings (SSSR count). The third kappa shape index (κ3) is 3.87. The van der Waals surface area contributed by atoms with Gasteiger partial charge >= 0.3 is 0 Å². The molecule has 0 amide bonds. The fourth-order valence-corrected chi connectivity index (χ4v) is 1.71. The first-order valence-electron chi connectivity index (χ1n) is 4.34. The number of aliphatic hydroxyl groups excluding tert-OH is 1. The minimum atomic E-state index is -0.487. The lowest BCUT2D eigenvalue weighted by molar-refractivity contribution is 0.173. The Kier molecular flexibility index (Phi) is 3.45. The molecule has 74 valence electrons. The highest BCUT2D eigenvalue weighted by Gasteiger charge is 2.16. The molecule has 1 N–H and O–H groups in total. The molecule has 1 unspecified atom stereocenters. The van der Waals surface area contributed by atoms with Gasteiger partial charge in [0.1, 0.15) is 11.9 Å². The van der Waals surface area contributed by atoms with Crippen LogP contribution in [-0.2, 0) is 0 Å². The minimum absolute atomic E-state index is 0.188. The van der Waals surface area contributed by atoms with E-state index in [0.717, 1.165) is 0 Å². The molecule has 1 heterocycles. The van der Waals surface area contributed by atoms with Gasteiger partial charge in [0.15, 0.2) is 0 Å². The summed E-state index contributed by atoms with van der Waals surface area (Å²) in [4.78, 5) is 0. The van der Waals surface area contributed by atoms with Crippen LogP contribution in [0.2, 0.25) is 0 Å². The summed E-state index contributed by atoms with van der Waals surface area (Å²) in [5.41, 5.74) is 0. The zero-order chi connectivity index (χ0) is 9.90. The van der Waals surface area contributed by atoms with Gasteiger partial charge in [-0.05, 0) is 12.1 Å². The average Bonchev–Trinajstić information content (AvgIpc) is 2.50. The highest BCUT2D eigenvalue weighted by atomic mass is 32.2. The first-order valence-corrected chi connectivity index (χ1v) is 5.33. The summed E-state index contributed by atoms with van der Waals surface area (Å²) in [6.45, 7) is 6.39. The van der Waals surface area contributed by atoms with Gasteiger partial charge in [-0.25, -0.2) is 0 Å². The van der Waals surface area contributed by atoms with Crippen molar-refractivity contribution in [1.82, 2.24) is 0 Å². The van der Waals surface area contributed by atoms with Crippen molar-refractivity contribution in [2.24, 2.45) is 0 Å². The third-order valence-corrected chi connectivity index (χ3v) is 2.89. The van der Waals surface area contributed by atoms with Gasteiger partial charge in [0, 0.05) is 10.5 Å². The summed E-state index contributed by atoms with van der Waals surface area (Å²) in [6, 6.07) is 3.59. The van der Waals surface area contributed by atoms with Crippen molar-refractivity contribution in [3.63, 3.8) is 0 Å². The number of thioether (sulfide) groups is 1. The molecule has 0 spiro atoms. The van der Waals surface area contributed by atoms with Gasteiger partial charge in [-0.3, -0.25) is 0 Å². The van der Waals surface area contributed by atoms with Crippen molar-refractivity contribution in [3.8, 4) is 0 Å². The van der Waals surface area contributed by atoms with Crippen LogP contribution in [0.3, 0.4) is 0 Å². The van der Waals surface area contributed by atoms with E-state index in [9.17, 15) is 5.11 Å². The predicted octanol–water partition coefficient (Wildman–Crippen LogP) is 2.84. The summed E-state index contributed by atoms with van der Waals surface area (Å²) in [5.74, 6) is 1.33. The van der Waals surface area contributed by atoms with E-state index in [1.54, 1.807) is 30.2 Å². The predicted molar refractivity (Wildman–Crippen MR) is 55.9 cm³/mol. The Bertz CT molecular complexity index is 236. The lowest BCUT2D eigenvalue weighted by Crippen LogP contribution is -2.11. The van der Waals surface area contributed by atoms with Crippen LogP contribution in [0.25, 0.3) is 0 Å². The molecule has 0 aliphatic carbocycles. The minimum Gasteiger partial charge on any atom is -0.467 e. The highest BCUT2D eigenvalue weighted by Crippen LogP contribution is 2.28. The van der Waals surface area contributed by atoms with Crippen LogP contribution >= 0.6 is 11.8 Å². The fraction of sp³-hybridized carbons (Fsp3) is 0.600. The van der Waals surface area contributed by atoms with Crippen LogP contribution in [0, 0.1) is 0 Å². The molecular weight excluding hydrogens is 184 g/mol. The smallest absolute Gasteiger partial charge is 0.133 e. The molecule has 0 saturated carbocycles. The molecule has 0 radical (unpaired) electrons. The van der Waals surface area contributed by atoms with Crippen LogP contribution in [0.4, 0.5) is 0 Å². The monoisotopic (exact) mass is 200 g/mol. The van der Waals surface area contributed by atoms with Gasteiger partial charge in [0.05, 0.1) is 6.26 Å². The first kappa shape index (κ1) is 10.7. The highest BCUT2D eigenvalue weighted by molar-refractivity contribution is 8.00. The van der Waals surface area contributed by atoms with E-state index >= 15 is 0 Å². The van der Waals surface area contributed by atoms with Crippen LogP contribution in [-0.4, -0.2) is 15.6 Å². The van der Waals surface area contributed by atoms with E-state index in [4.69, 9.17) is 4.42 Å². The van der Waals surface area contributed by atoms with E-state index in [1.165, 1.54) is 0 Å². The molecular formula is C10H16O2S. The second kappa shape index (κ2) is 4.20. The van der Waals surface area contributed by atoms with E-state index in [2.05, 4.69) is 20.8 Å². The maximum atomic E-state index is 9.66. The normalized spacial score (nSPS) is 14.5. The van der Waals surface area contributed by atoms with Gasteiger partial charge in [0.25, 0.3) is 0 Å². The maximum absolute atomic E-state index is 9.66. The van der Waals surface area contributed by atoms with Gasteiger partial charge in [-0.1, -0.05) is 20.8 Å². The van der Waals surface area contributed by atoms with E-state index in [-0.39, 0.29) is 4.75 Å². The van der Waals surface area contributed by atoms with Gasteiger partial charge in [0.2, 0.25) is 0 Å². The number of hydrogen-bond acceptors (Lipinski definition) is 3. The number of hydrogen-bond donors (Lipinski definition) is 1. The molecule has 2 nitrogen and oxygen atoms in total. The van der Waals surface area contributed by atoms with Gasteiger partial charge in [-0.2, -0.15) is 11.8 Å². The van der Waals surface area contributed by atoms with Gasteiger partial charge < -0.3 is 9.52 Å². The lowest BCUT2D eigenvalue weighted by Gasteiger charge is -2.19. The molecule has 0 saturated heterocycles. The van der Waals surface area contributed by atoms with E-state index in [0.29, 0.717) is 11.5 Å². The van der Waals surface area contributed by atoms with Gasteiger partial charge in [-0.15, -0.1) is 0 Å². The second-order valence-corrected chi connectivity index (χ2v) is 5.80. The van der Waals surface area contributed by atoms with Crippen molar-refractivity contribution < 1.29 is 9.52 Å². The van der Waals surface area contributed by atoms with Crippen molar-refractivity contribution in [2.75, 3.05) is 5.75 Å². The molecule has 0 fully saturated rings. The molecule has 1 aromatic heterocycles. The Labute approximate surface area is 83.3 Å².